The number of alkyl halides is 3. The van der Waals surface area contributed by atoms with Crippen LogP contribution >= 0.6 is 0 Å². The molecule has 23 heavy (non-hydrogen) atoms. The van der Waals surface area contributed by atoms with E-state index < -0.39 is 30.1 Å². The maximum Gasteiger partial charge on any atom is 0.495 e. The fraction of sp³-hybridized carbons (Fsp3) is 0.625. The van der Waals surface area contributed by atoms with Crippen molar-refractivity contribution in [1.29, 1.82) is 0 Å². The quantitative estimate of drug-likeness (QED) is 0.795. The van der Waals surface area contributed by atoms with Gasteiger partial charge in [-0.05, 0) is 64.2 Å². The Morgan fingerprint density at radius 1 is 1.09 bits per heavy atom. The van der Waals surface area contributed by atoms with Gasteiger partial charge in [0.05, 0.1) is 22.9 Å². The first kappa shape index (κ1) is 16.6. The predicted octanol–water partition coefficient (Wildman–Crippen LogP) is 3.55. The minimum absolute atomic E-state index is 0.0331. The lowest BCUT2D eigenvalue weighted by Crippen LogP contribution is -2.41. The normalized spacial score (nSPS) is 23.2. The summed E-state index contributed by atoms with van der Waals surface area (Å²) in [6.07, 6.45) is -2.49. The summed E-state index contributed by atoms with van der Waals surface area (Å²) >= 11 is 0. The van der Waals surface area contributed by atoms with Gasteiger partial charge in [0.25, 0.3) is 0 Å². The van der Waals surface area contributed by atoms with Gasteiger partial charge >= 0.3 is 13.3 Å². The van der Waals surface area contributed by atoms with Crippen LogP contribution in [-0.4, -0.2) is 24.4 Å². The molecule has 1 aromatic carbocycles. The maximum absolute atomic E-state index is 13.3. The van der Waals surface area contributed by atoms with Gasteiger partial charge < -0.3 is 14.0 Å². The Morgan fingerprint density at radius 3 is 2.13 bits per heavy atom. The number of ether oxygens (including phenoxy) is 1. The summed E-state index contributed by atoms with van der Waals surface area (Å²) in [7, 11) is -1.07. The molecule has 0 bridgehead atoms. The fourth-order valence-corrected chi connectivity index (χ4v) is 2.42. The standard InChI is InChI=1S/C16H20BF3O3/c1-14(2)15(3,4)23-17(22-14)13-9-11(21-10-5-6-10)7-8-12(13)16(18,19)20/h7-10H,5-6H2,1-4H3. The third-order valence-electron chi connectivity index (χ3n) is 4.66. The molecule has 0 aromatic heterocycles. The molecular weight excluding hydrogens is 308 g/mol. The molecule has 0 unspecified atom stereocenters. The maximum atomic E-state index is 13.3. The highest BCUT2D eigenvalue weighted by molar-refractivity contribution is 6.62. The number of benzene rings is 1. The Balaban J connectivity index is 1.98. The minimum atomic E-state index is -4.48. The molecular formula is C16H20BF3O3. The van der Waals surface area contributed by atoms with Crippen molar-refractivity contribution < 1.29 is 27.2 Å². The first-order chi connectivity index (χ1) is 10.5. The third-order valence-corrected chi connectivity index (χ3v) is 4.66. The van der Waals surface area contributed by atoms with Crippen LogP contribution in [0.5, 0.6) is 5.75 Å². The van der Waals surface area contributed by atoms with Crippen molar-refractivity contribution in [3.8, 4) is 5.75 Å². The largest absolute Gasteiger partial charge is 0.495 e. The van der Waals surface area contributed by atoms with E-state index >= 15 is 0 Å². The Bertz CT molecular complexity index is 593. The van der Waals surface area contributed by atoms with Gasteiger partial charge in [-0.1, -0.05) is 0 Å². The molecule has 1 saturated heterocycles. The third kappa shape index (κ3) is 3.22. The zero-order valence-electron chi connectivity index (χ0n) is 13.7. The molecule has 3 nitrogen and oxygen atoms in total. The van der Waals surface area contributed by atoms with Crippen molar-refractivity contribution >= 4 is 12.6 Å². The van der Waals surface area contributed by atoms with Gasteiger partial charge in [-0.25, -0.2) is 0 Å². The van der Waals surface area contributed by atoms with Crippen LogP contribution in [0.3, 0.4) is 0 Å². The summed E-state index contributed by atoms with van der Waals surface area (Å²) < 4.78 is 57.2. The monoisotopic (exact) mass is 328 g/mol. The van der Waals surface area contributed by atoms with E-state index in [-0.39, 0.29) is 11.6 Å². The average molecular weight is 328 g/mol. The van der Waals surface area contributed by atoms with Crippen LogP contribution < -0.4 is 10.2 Å². The Labute approximate surface area is 134 Å². The second-order valence-electron chi connectivity index (χ2n) is 7.15. The van der Waals surface area contributed by atoms with Gasteiger partial charge in [0.1, 0.15) is 5.75 Å². The molecule has 0 amide bonds. The Kier molecular flexibility index (Phi) is 3.72. The van der Waals surface area contributed by atoms with Gasteiger partial charge in [-0.2, -0.15) is 13.2 Å². The number of rotatable bonds is 3. The van der Waals surface area contributed by atoms with E-state index in [0.717, 1.165) is 18.9 Å². The highest BCUT2D eigenvalue weighted by atomic mass is 19.4. The summed E-state index contributed by atoms with van der Waals surface area (Å²) in [4.78, 5) is 0. The zero-order valence-corrected chi connectivity index (χ0v) is 13.7. The van der Waals surface area contributed by atoms with Crippen molar-refractivity contribution in [2.75, 3.05) is 0 Å². The highest BCUT2D eigenvalue weighted by Gasteiger charge is 2.53. The smallest absolute Gasteiger partial charge is 0.490 e. The van der Waals surface area contributed by atoms with E-state index in [0.29, 0.717) is 5.75 Å². The van der Waals surface area contributed by atoms with Crippen LogP contribution in [-0.2, 0) is 15.5 Å². The Hall–Kier alpha value is -1.21. The molecule has 0 spiro atoms. The molecule has 7 heteroatoms. The summed E-state index contributed by atoms with van der Waals surface area (Å²) in [6.45, 7) is 7.24. The molecule has 1 heterocycles. The molecule has 3 rings (SSSR count). The van der Waals surface area contributed by atoms with Crippen molar-refractivity contribution in [2.45, 2.75) is 64.0 Å². The van der Waals surface area contributed by atoms with Crippen molar-refractivity contribution in [3.63, 3.8) is 0 Å². The lowest BCUT2D eigenvalue weighted by molar-refractivity contribution is -0.136. The topological polar surface area (TPSA) is 27.7 Å². The first-order valence-corrected chi connectivity index (χ1v) is 7.73. The van der Waals surface area contributed by atoms with E-state index in [1.54, 1.807) is 0 Å². The second kappa shape index (κ2) is 5.15. The van der Waals surface area contributed by atoms with E-state index in [1.807, 2.05) is 27.7 Å². The molecule has 0 N–H and O–H groups in total. The lowest BCUT2D eigenvalue weighted by Gasteiger charge is -2.32. The van der Waals surface area contributed by atoms with Gasteiger partial charge in [0, 0.05) is 0 Å². The fourth-order valence-electron chi connectivity index (χ4n) is 2.42. The molecule has 0 atom stereocenters. The van der Waals surface area contributed by atoms with Crippen LogP contribution in [0, 0.1) is 0 Å². The number of halogens is 3. The minimum Gasteiger partial charge on any atom is -0.490 e. The van der Waals surface area contributed by atoms with Crippen molar-refractivity contribution in [3.05, 3.63) is 23.8 Å². The molecule has 1 aromatic rings. The predicted molar refractivity (Wildman–Crippen MR) is 80.8 cm³/mol. The molecule has 126 valence electrons. The second-order valence-corrected chi connectivity index (χ2v) is 7.15. The van der Waals surface area contributed by atoms with Gasteiger partial charge in [0.2, 0.25) is 0 Å². The van der Waals surface area contributed by atoms with E-state index in [9.17, 15) is 13.2 Å². The first-order valence-electron chi connectivity index (χ1n) is 7.73. The van der Waals surface area contributed by atoms with Crippen LogP contribution in [0.15, 0.2) is 18.2 Å². The van der Waals surface area contributed by atoms with Crippen molar-refractivity contribution in [2.24, 2.45) is 0 Å². The molecule has 1 aliphatic heterocycles. The summed E-state index contributed by atoms with van der Waals surface area (Å²) in [5, 5.41) is 0. The molecule has 2 aliphatic rings. The van der Waals surface area contributed by atoms with E-state index in [1.165, 1.54) is 12.1 Å². The molecule has 1 aliphatic carbocycles. The zero-order chi connectivity index (χ0) is 17.0. The summed E-state index contributed by atoms with van der Waals surface area (Å²) in [6, 6.07) is 3.79. The van der Waals surface area contributed by atoms with Gasteiger partial charge in [-0.3, -0.25) is 0 Å². The Morgan fingerprint density at radius 2 is 1.65 bits per heavy atom. The number of hydrogen-bond acceptors (Lipinski definition) is 3. The van der Waals surface area contributed by atoms with Gasteiger partial charge in [-0.15, -0.1) is 0 Å². The highest BCUT2D eigenvalue weighted by Crippen LogP contribution is 2.39. The SMILES string of the molecule is CC1(C)OB(c2cc(OC3CC3)ccc2C(F)(F)F)OC1(C)C. The molecule has 2 fully saturated rings. The van der Waals surface area contributed by atoms with Crippen LogP contribution in [0.1, 0.15) is 46.1 Å². The van der Waals surface area contributed by atoms with E-state index in [2.05, 4.69) is 0 Å². The summed E-state index contributed by atoms with van der Waals surface area (Å²) in [5.41, 5.74) is -2.18. The molecule has 1 saturated carbocycles. The molecule has 0 radical (unpaired) electrons. The summed E-state index contributed by atoms with van der Waals surface area (Å²) in [5.74, 6) is 0.421. The van der Waals surface area contributed by atoms with Crippen LogP contribution in [0.25, 0.3) is 0 Å². The van der Waals surface area contributed by atoms with E-state index in [4.69, 9.17) is 14.0 Å². The number of hydrogen-bond donors (Lipinski definition) is 0. The van der Waals surface area contributed by atoms with Gasteiger partial charge in [0.15, 0.2) is 0 Å². The van der Waals surface area contributed by atoms with Crippen LogP contribution in [0.4, 0.5) is 13.2 Å². The van der Waals surface area contributed by atoms with Crippen LogP contribution in [0.2, 0.25) is 0 Å². The van der Waals surface area contributed by atoms with Crippen molar-refractivity contribution in [1.82, 2.24) is 0 Å². The lowest BCUT2D eigenvalue weighted by atomic mass is 9.75. The average Bonchev–Trinajstić information content (AvgIpc) is 3.16.